The average Bonchev–Trinajstić information content (AvgIpc) is 3.40. The van der Waals surface area contributed by atoms with E-state index in [9.17, 15) is 14.7 Å². The summed E-state index contributed by atoms with van der Waals surface area (Å²) in [4.78, 5) is 33.1. The molecule has 1 aliphatic rings. The van der Waals surface area contributed by atoms with E-state index in [4.69, 9.17) is 15.6 Å². The van der Waals surface area contributed by atoms with Crippen LogP contribution in [0.2, 0.25) is 0 Å². The third-order valence-corrected chi connectivity index (χ3v) is 5.55. The Morgan fingerprint density at radius 1 is 1.45 bits per heavy atom. The summed E-state index contributed by atoms with van der Waals surface area (Å²) in [6.45, 7) is 1.74. The summed E-state index contributed by atoms with van der Waals surface area (Å²) in [5.41, 5.74) is 7.44. The van der Waals surface area contributed by atoms with E-state index >= 15 is 0 Å². The Morgan fingerprint density at radius 2 is 2.21 bits per heavy atom. The van der Waals surface area contributed by atoms with Crippen LogP contribution < -0.4 is 11.3 Å². The van der Waals surface area contributed by atoms with Crippen molar-refractivity contribution in [3.63, 3.8) is 0 Å². The van der Waals surface area contributed by atoms with Crippen molar-refractivity contribution >= 4 is 22.9 Å². The number of fused-ring (bicyclic) bond motifs is 2. The third kappa shape index (κ3) is 3.11. The quantitative estimate of drug-likeness (QED) is 0.507. The maximum Gasteiger partial charge on any atom is 0.320 e. The molecule has 3 aromatic rings. The number of aliphatic hydroxyl groups is 1. The number of nitrogens with two attached hydrogens (primary N) is 1. The van der Waals surface area contributed by atoms with Gasteiger partial charge in [-0.15, -0.1) is 0 Å². The van der Waals surface area contributed by atoms with E-state index < -0.39 is 12.0 Å². The number of carboxylic acid groups (broad SMARTS) is 1. The first kappa shape index (κ1) is 19.6. The summed E-state index contributed by atoms with van der Waals surface area (Å²) in [6, 6.07) is -1.01. The van der Waals surface area contributed by atoms with E-state index in [-0.39, 0.29) is 36.4 Å². The van der Waals surface area contributed by atoms with Gasteiger partial charge < -0.3 is 20.7 Å². The van der Waals surface area contributed by atoms with E-state index in [1.165, 1.54) is 4.40 Å². The second kappa shape index (κ2) is 7.25. The van der Waals surface area contributed by atoms with Crippen molar-refractivity contribution < 1.29 is 19.7 Å². The molecule has 11 heteroatoms. The first-order valence-corrected chi connectivity index (χ1v) is 9.51. The van der Waals surface area contributed by atoms with Gasteiger partial charge in [-0.25, -0.2) is 14.4 Å². The van der Waals surface area contributed by atoms with Gasteiger partial charge in [-0.3, -0.25) is 18.7 Å². The van der Waals surface area contributed by atoms with Crippen LogP contribution in [0.3, 0.4) is 0 Å². The molecule has 1 saturated heterocycles. The summed E-state index contributed by atoms with van der Waals surface area (Å²) in [5.74, 6) is -0.638. The van der Waals surface area contributed by atoms with Crippen LogP contribution in [0, 0.1) is 6.92 Å². The molecule has 1 fully saturated rings. The van der Waals surface area contributed by atoms with E-state index in [1.807, 2.05) is 0 Å². The summed E-state index contributed by atoms with van der Waals surface area (Å²) in [5, 5.41) is 18.4. The summed E-state index contributed by atoms with van der Waals surface area (Å²) < 4.78 is 10.9. The SMILES string of the molecule is Cc1nc2n(C)c3c(ncn3C3CCC(CO)O3)c(=O)n2c1CCC(N)C(=O)O. The Balaban J connectivity index is 1.82. The molecule has 0 saturated carbocycles. The molecular weight excluding hydrogens is 380 g/mol. The predicted molar refractivity (Wildman–Crippen MR) is 103 cm³/mol. The maximum absolute atomic E-state index is 13.2. The minimum absolute atomic E-state index is 0.0480. The number of hydrogen-bond donors (Lipinski definition) is 3. The highest BCUT2D eigenvalue weighted by Gasteiger charge is 2.29. The Bertz CT molecular complexity index is 1150. The minimum Gasteiger partial charge on any atom is -0.480 e. The molecule has 29 heavy (non-hydrogen) atoms. The van der Waals surface area contributed by atoms with Crippen LogP contribution >= 0.6 is 0 Å². The summed E-state index contributed by atoms with van der Waals surface area (Å²) in [7, 11) is 1.80. The Kier molecular flexibility index (Phi) is 4.89. The zero-order valence-electron chi connectivity index (χ0n) is 16.3. The van der Waals surface area contributed by atoms with E-state index in [1.54, 1.807) is 29.4 Å². The lowest BCUT2D eigenvalue weighted by molar-refractivity contribution is -0.138. The van der Waals surface area contributed by atoms with Gasteiger partial charge in [0.2, 0.25) is 5.78 Å². The van der Waals surface area contributed by atoms with Crippen molar-refractivity contribution in [2.75, 3.05) is 6.61 Å². The second-order valence-electron chi connectivity index (χ2n) is 7.42. The van der Waals surface area contributed by atoms with Crippen LogP contribution in [0.4, 0.5) is 0 Å². The molecule has 3 aromatic heterocycles. The van der Waals surface area contributed by atoms with Crippen molar-refractivity contribution in [3.8, 4) is 0 Å². The average molecular weight is 404 g/mol. The van der Waals surface area contributed by atoms with Crippen LogP contribution in [-0.4, -0.2) is 58.4 Å². The highest BCUT2D eigenvalue weighted by molar-refractivity contribution is 5.74. The molecule has 0 bridgehead atoms. The molecule has 156 valence electrons. The highest BCUT2D eigenvalue weighted by atomic mass is 16.5. The molecule has 3 unspecified atom stereocenters. The Labute approximate surface area is 165 Å². The largest absolute Gasteiger partial charge is 0.480 e. The standard InChI is InChI=1S/C18H24N6O5/c1-9-12(5-4-11(19)17(27)28)24-16(26)14-15(22(2)18(24)21-9)23(8-20-14)13-6-3-10(7-25)29-13/h8,10-11,13,25H,3-7,19H2,1-2H3,(H,27,28). The van der Waals surface area contributed by atoms with Crippen molar-refractivity contribution in [2.45, 2.75) is 51.0 Å². The van der Waals surface area contributed by atoms with E-state index in [0.717, 1.165) is 6.42 Å². The van der Waals surface area contributed by atoms with Gasteiger partial charge in [-0.2, -0.15) is 0 Å². The lowest BCUT2D eigenvalue weighted by Gasteiger charge is -2.16. The Hall–Kier alpha value is -2.76. The maximum atomic E-state index is 13.2. The molecule has 0 spiro atoms. The van der Waals surface area contributed by atoms with Crippen LogP contribution in [0.25, 0.3) is 16.9 Å². The van der Waals surface area contributed by atoms with Crippen LogP contribution in [-0.2, 0) is 23.0 Å². The van der Waals surface area contributed by atoms with Gasteiger partial charge in [0.05, 0.1) is 30.4 Å². The topological polar surface area (TPSA) is 150 Å². The number of carboxylic acids is 1. The van der Waals surface area contributed by atoms with E-state index in [0.29, 0.717) is 35.7 Å². The normalized spacial score (nSPS) is 20.7. The van der Waals surface area contributed by atoms with Gasteiger partial charge >= 0.3 is 5.97 Å². The predicted octanol–water partition coefficient (Wildman–Crippen LogP) is -0.294. The number of aliphatic carboxylic acids is 1. The minimum atomic E-state index is -1.08. The number of aliphatic hydroxyl groups excluding tert-OH is 1. The molecule has 11 nitrogen and oxygen atoms in total. The monoisotopic (exact) mass is 404 g/mol. The fourth-order valence-corrected chi connectivity index (χ4v) is 3.97. The van der Waals surface area contributed by atoms with Gasteiger partial charge in [0, 0.05) is 7.05 Å². The molecule has 3 atom stereocenters. The Morgan fingerprint density at radius 3 is 2.86 bits per heavy atom. The first-order valence-electron chi connectivity index (χ1n) is 9.51. The van der Waals surface area contributed by atoms with Crippen molar-refractivity contribution in [1.82, 2.24) is 23.5 Å². The van der Waals surface area contributed by atoms with Crippen LogP contribution in [0.5, 0.6) is 0 Å². The molecule has 0 radical (unpaired) electrons. The lowest BCUT2D eigenvalue weighted by atomic mass is 10.1. The number of carbonyl (C=O) groups is 1. The summed E-state index contributed by atoms with van der Waals surface area (Å²) in [6.07, 6.45) is 2.98. The molecular formula is C18H24N6O5. The molecule has 4 rings (SSSR count). The van der Waals surface area contributed by atoms with Gasteiger partial charge in [0.25, 0.3) is 5.56 Å². The number of hydrogen-bond acceptors (Lipinski definition) is 7. The van der Waals surface area contributed by atoms with Gasteiger partial charge in [0.1, 0.15) is 12.3 Å². The molecule has 0 aliphatic carbocycles. The molecule has 1 aliphatic heterocycles. The molecule has 4 heterocycles. The lowest BCUT2D eigenvalue weighted by Crippen LogP contribution is -2.31. The summed E-state index contributed by atoms with van der Waals surface area (Å²) >= 11 is 0. The number of nitrogens with zero attached hydrogens (tertiary/aromatic N) is 5. The fraction of sp³-hybridized carbons (Fsp3) is 0.556. The van der Waals surface area contributed by atoms with Crippen LogP contribution in [0.1, 0.15) is 36.9 Å². The number of rotatable bonds is 6. The number of aromatic nitrogens is 5. The number of aryl methyl sites for hydroxylation is 3. The molecule has 0 aromatic carbocycles. The molecule has 0 amide bonds. The second-order valence-corrected chi connectivity index (χ2v) is 7.42. The van der Waals surface area contributed by atoms with E-state index in [2.05, 4.69) is 9.97 Å². The molecule has 4 N–H and O–H groups in total. The van der Waals surface area contributed by atoms with Crippen LogP contribution in [0.15, 0.2) is 11.1 Å². The van der Waals surface area contributed by atoms with Crippen molar-refractivity contribution in [2.24, 2.45) is 12.8 Å². The van der Waals surface area contributed by atoms with Crippen molar-refractivity contribution in [1.29, 1.82) is 0 Å². The van der Waals surface area contributed by atoms with Crippen molar-refractivity contribution in [3.05, 3.63) is 28.1 Å². The smallest absolute Gasteiger partial charge is 0.320 e. The number of imidazole rings is 2. The number of ether oxygens (including phenoxy) is 1. The fourth-order valence-electron chi connectivity index (χ4n) is 3.97. The van der Waals surface area contributed by atoms with Gasteiger partial charge in [-0.1, -0.05) is 0 Å². The van der Waals surface area contributed by atoms with Gasteiger partial charge in [-0.05, 0) is 32.6 Å². The van der Waals surface area contributed by atoms with Gasteiger partial charge in [0.15, 0.2) is 11.2 Å². The zero-order chi connectivity index (χ0) is 20.9. The highest BCUT2D eigenvalue weighted by Crippen LogP contribution is 2.30. The third-order valence-electron chi connectivity index (χ3n) is 5.55. The first-order chi connectivity index (χ1) is 13.8. The zero-order valence-corrected chi connectivity index (χ0v) is 16.3.